The molecule has 0 fully saturated rings. The molecule has 3 aromatic rings. The SMILES string of the molecule is CC(C)Oc1ccc(Nc2ccc(NC(=O)c3cccnc3)nc2)cc1. The van der Waals surface area contributed by atoms with Crippen LogP contribution in [0.1, 0.15) is 24.2 Å². The number of amides is 1. The fourth-order valence-electron chi connectivity index (χ4n) is 2.28. The minimum absolute atomic E-state index is 0.146. The van der Waals surface area contributed by atoms with Gasteiger partial charge in [0.05, 0.1) is 23.6 Å². The summed E-state index contributed by atoms with van der Waals surface area (Å²) in [5.74, 6) is 1.06. The van der Waals surface area contributed by atoms with Gasteiger partial charge in [-0.2, -0.15) is 0 Å². The standard InChI is InChI=1S/C20H20N4O2/c1-14(2)26-18-8-5-16(6-9-18)23-17-7-10-19(22-13-17)24-20(25)15-4-3-11-21-12-15/h3-14,23H,1-2H3,(H,22,24,25). The normalized spacial score (nSPS) is 10.4. The molecule has 26 heavy (non-hydrogen) atoms. The van der Waals surface area contributed by atoms with Crippen LogP contribution in [0.25, 0.3) is 0 Å². The highest BCUT2D eigenvalue weighted by Gasteiger charge is 2.06. The van der Waals surface area contributed by atoms with Gasteiger partial charge in [0.25, 0.3) is 5.91 Å². The van der Waals surface area contributed by atoms with Crippen molar-refractivity contribution in [1.29, 1.82) is 0 Å². The van der Waals surface area contributed by atoms with Gasteiger partial charge in [0.15, 0.2) is 0 Å². The molecule has 2 heterocycles. The molecule has 0 aliphatic carbocycles. The number of nitrogens with zero attached hydrogens (tertiary/aromatic N) is 2. The second kappa shape index (κ2) is 8.11. The Morgan fingerprint density at radius 2 is 1.77 bits per heavy atom. The van der Waals surface area contributed by atoms with Crippen LogP contribution in [-0.4, -0.2) is 22.0 Å². The second-order valence-corrected chi connectivity index (χ2v) is 5.94. The topological polar surface area (TPSA) is 76.1 Å². The predicted octanol–water partition coefficient (Wildman–Crippen LogP) is 4.26. The molecule has 0 spiro atoms. The van der Waals surface area contributed by atoms with Gasteiger partial charge in [-0.05, 0) is 62.4 Å². The average Bonchev–Trinajstić information content (AvgIpc) is 2.65. The van der Waals surface area contributed by atoms with Crippen molar-refractivity contribution in [2.45, 2.75) is 20.0 Å². The quantitative estimate of drug-likeness (QED) is 0.696. The Labute approximate surface area is 152 Å². The van der Waals surface area contributed by atoms with Crippen LogP contribution in [0.3, 0.4) is 0 Å². The molecule has 0 saturated carbocycles. The van der Waals surface area contributed by atoms with E-state index in [1.165, 1.54) is 6.20 Å². The van der Waals surface area contributed by atoms with Gasteiger partial charge in [0.2, 0.25) is 0 Å². The summed E-state index contributed by atoms with van der Waals surface area (Å²) >= 11 is 0. The zero-order valence-electron chi connectivity index (χ0n) is 14.6. The fraction of sp³-hybridized carbons (Fsp3) is 0.150. The van der Waals surface area contributed by atoms with Crippen molar-refractivity contribution < 1.29 is 9.53 Å². The number of pyridine rings is 2. The van der Waals surface area contributed by atoms with E-state index in [2.05, 4.69) is 20.6 Å². The summed E-state index contributed by atoms with van der Waals surface area (Å²) in [7, 11) is 0. The van der Waals surface area contributed by atoms with Gasteiger partial charge in [-0.15, -0.1) is 0 Å². The number of aromatic nitrogens is 2. The number of rotatable bonds is 6. The monoisotopic (exact) mass is 348 g/mol. The number of hydrogen-bond acceptors (Lipinski definition) is 5. The maximum atomic E-state index is 12.1. The zero-order valence-corrected chi connectivity index (χ0v) is 14.6. The van der Waals surface area contributed by atoms with Crippen LogP contribution in [0.4, 0.5) is 17.2 Å². The molecule has 0 bridgehead atoms. The molecule has 3 rings (SSSR count). The van der Waals surface area contributed by atoms with Gasteiger partial charge in [0.1, 0.15) is 11.6 Å². The molecule has 1 amide bonds. The van der Waals surface area contributed by atoms with Crippen LogP contribution in [0.5, 0.6) is 5.75 Å². The molecule has 0 atom stereocenters. The molecule has 0 radical (unpaired) electrons. The third kappa shape index (κ3) is 4.80. The summed E-state index contributed by atoms with van der Waals surface area (Å²) < 4.78 is 5.62. The van der Waals surface area contributed by atoms with Crippen molar-refractivity contribution in [3.05, 3.63) is 72.7 Å². The van der Waals surface area contributed by atoms with E-state index < -0.39 is 0 Å². The molecular formula is C20H20N4O2. The molecule has 132 valence electrons. The van der Waals surface area contributed by atoms with Crippen LogP contribution >= 0.6 is 0 Å². The van der Waals surface area contributed by atoms with Crippen molar-refractivity contribution in [3.8, 4) is 5.75 Å². The first-order valence-corrected chi connectivity index (χ1v) is 8.31. The van der Waals surface area contributed by atoms with Crippen molar-refractivity contribution in [1.82, 2.24) is 9.97 Å². The van der Waals surface area contributed by atoms with E-state index in [0.717, 1.165) is 17.1 Å². The lowest BCUT2D eigenvalue weighted by atomic mass is 10.2. The molecule has 0 unspecified atom stereocenters. The molecule has 1 aromatic carbocycles. The first-order chi connectivity index (χ1) is 12.6. The maximum absolute atomic E-state index is 12.1. The Morgan fingerprint density at radius 3 is 2.38 bits per heavy atom. The molecule has 6 nitrogen and oxygen atoms in total. The van der Waals surface area contributed by atoms with E-state index in [9.17, 15) is 4.79 Å². The predicted molar refractivity (Wildman–Crippen MR) is 102 cm³/mol. The van der Waals surface area contributed by atoms with E-state index in [1.54, 1.807) is 30.6 Å². The van der Waals surface area contributed by atoms with Crippen LogP contribution < -0.4 is 15.4 Å². The number of carbonyl (C=O) groups is 1. The van der Waals surface area contributed by atoms with Gasteiger partial charge in [-0.3, -0.25) is 9.78 Å². The lowest BCUT2D eigenvalue weighted by Gasteiger charge is -2.11. The van der Waals surface area contributed by atoms with Crippen molar-refractivity contribution in [2.24, 2.45) is 0 Å². The summed E-state index contributed by atoms with van der Waals surface area (Å²) in [5, 5.41) is 6.00. The number of carbonyl (C=O) groups excluding carboxylic acids is 1. The van der Waals surface area contributed by atoms with Crippen LogP contribution in [0, 0.1) is 0 Å². The molecule has 0 aliphatic heterocycles. The van der Waals surface area contributed by atoms with Gasteiger partial charge in [-0.25, -0.2) is 4.98 Å². The summed E-state index contributed by atoms with van der Waals surface area (Å²) in [6.45, 7) is 3.99. The Morgan fingerprint density at radius 1 is 1.00 bits per heavy atom. The number of anilines is 3. The van der Waals surface area contributed by atoms with E-state index in [-0.39, 0.29) is 12.0 Å². The largest absolute Gasteiger partial charge is 0.491 e. The smallest absolute Gasteiger partial charge is 0.258 e. The first-order valence-electron chi connectivity index (χ1n) is 8.31. The van der Waals surface area contributed by atoms with Crippen molar-refractivity contribution in [3.63, 3.8) is 0 Å². The molecule has 2 aromatic heterocycles. The summed E-state index contributed by atoms with van der Waals surface area (Å²) in [6, 6.07) is 14.7. The third-order valence-corrected chi connectivity index (χ3v) is 3.44. The highest BCUT2D eigenvalue weighted by molar-refractivity contribution is 6.03. The third-order valence-electron chi connectivity index (χ3n) is 3.44. The summed E-state index contributed by atoms with van der Waals surface area (Å²) in [6.07, 6.45) is 4.94. The Balaban J connectivity index is 1.60. The number of hydrogen-bond donors (Lipinski definition) is 2. The minimum atomic E-state index is -0.243. The minimum Gasteiger partial charge on any atom is -0.491 e. The van der Waals surface area contributed by atoms with Gasteiger partial charge >= 0.3 is 0 Å². The second-order valence-electron chi connectivity index (χ2n) is 5.94. The molecular weight excluding hydrogens is 328 g/mol. The van der Waals surface area contributed by atoms with E-state index in [1.807, 2.05) is 44.2 Å². The first kappa shape index (κ1) is 17.4. The lowest BCUT2D eigenvalue weighted by molar-refractivity contribution is 0.102. The summed E-state index contributed by atoms with van der Waals surface area (Å²) in [4.78, 5) is 20.3. The Kier molecular flexibility index (Phi) is 5.43. The average molecular weight is 348 g/mol. The van der Waals surface area contributed by atoms with Crippen LogP contribution in [-0.2, 0) is 0 Å². The highest BCUT2D eigenvalue weighted by Crippen LogP contribution is 2.21. The van der Waals surface area contributed by atoms with Crippen LogP contribution in [0.2, 0.25) is 0 Å². The zero-order chi connectivity index (χ0) is 18.4. The van der Waals surface area contributed by atoms with Crippen molar-refractivity contribution in [2.75, 3.05) is 10.6 Å². The molecule has 2 N–H and O–H groups in total. The number of nitrogens with one attached hydrogen (secondary N) is 2. The van der Waals surface area contributed by atoms with Gasteiger partial charge < -0.3 is 15.4 Å². The van der Waals surface area contributed by atoms with Gasteiger partial charge in [0, 0.05) is 18.1 Å². The number of ether oxygens (including phenoxy) is 1. The highest BCUT2D eigenvalue weighted by atomic mass is 16.5. The Hall–Kier alpha value is -3.41. The molecule has 6 heteroatoms. The summed E-state index contributed by atoms with van der Waals surface area (Å²) in [5.41, 5.74) is 2.23. The molecule has 0 aliphatic rings. The van der Waals surface area contributed by atoms with Gasteiger partial charge in [-0.1, -0.05) is 0 Å². The van der Waals surface area contributed by atoms with E-state index in [0.29, 0.717) is 11.4 Å². The molecule has 0 saturated heterocycles. The van der Waals surface area contributed by atoms with Crippen molar-refractivity contribution >= 4 is 23.1 Å². The fourth-order valence-corrected chi connectivity index (χ4v) is 2.28. The van der Waals surface area contributed by atoms with E-state index >= 15 is 0 Å². The van der Waals surface area contributed by atoms with E-state index in [4.69, 9.17) is 4.74 Å². The number of benzene rings is 1. The van der Waals surface area contributed by atoms with Crippen LogP contribution in [0.15, 0.2) is 67.1 Å². The maximum Gasteiger partial charge on any atom is 0.258 e. The Bertz CT molecular complexity index is 847. The lowest BCUT2D eigenvalue weighted by Crippen LogP contribution is -2.13.